The maximum absolute atomic E-state index is 12.0. The molecule has 0 bridgehead atoms. The zero-order valence-electron chi connectivity index (χ0n) is 13.5. The van der Waals surface area contributed by atoms with Gasteiger partial charge >= 0.3 is 5.97 Å². The minimum absolute atomic E-state index is 0.231. The van der Waals surface area contributed by atoms with Crippen molar-refractivity contribution < 1.29 is 14.3 Å². The summed E-state index contributed by atoms with van der Waals surface area (Å²) in [7, 11) is 0. The number of hydrogen-bond acceptors (Lipinski definition) is 4. The number of hydrogen-bond donors (Lipinski definition) is 1. The summed E-state index contributed by atoms with van der Waals surface area (Å²) >= 11 is 0. The number of rotatable bonds is 6. The molecule has 1 aliphatic rings. The molecular formula is C18H21N3O3. The van der Waals surface area contributed by atoms with E-state index in [2.05, 4.69) is 10.4 Å². The van der Waals surface area contributed by atoms with Crippen molar-refractivity contribution >= 4 is 11.9 Å². The first-order valence-electron chi connectivity index (χ1n) is 8.23. The smallest absolute Gasteiger partial charge is 0.338 e. The number of carbonyl (C=O) groups is 2. The van der Waals surface area contributed by atoms with Gasteiger partial charge < -0.3 is 10.1 Å². The van der Waals surface area contributed by atoms with Crippen LogP contribution in [0.5, 0.6) is 0 Å². The molecule has 0 spiro atoms. The fourth-order valence-corrected chi connectivity index (χ4v) is 2.88. The van der Waals surface area contributed by atoms with Crippen molar-refractivity contribution in [3.63, 3.8) is 0 Å². The highest BCUT2D eigenvalue weighted by Crippen LogP contribution is 2.17. The maximum Gasteiger partial charge on any atom is 0.338 e. The third kappa shape index (κ3) is 4.44. The van der Waals surface area contributed by atoms with Gasteiger partial charge in [-0.25, -0.2) is 4.79 Å². The van der Waals surface area contributed by atoms with E-state index in [1.54, 1.807) is 23.0 Å². The maximum atomic E-state index is 12.0. The van der Waals surface area contributed by atoms with Gasteiger partial charge in [0, 0.05) is 18.4 Å². The molecule has 24 heavy (non-hydrogen) atoms. The first-order valence-corrected chi connectivity index (χ1v) is 8.23. The van der Waals surface area contributed by atoms with E-state index in [0.717, 1.165) is 31.2 Å². The minimum Gasteiger partial charge on any atom is -0.452 e. The molecule has 6 heteroatoms. The number of carbonyl (C=O) groups excluding carboxylic acids is 2. The summed E-state index contributed by atoms with van der Waals surface area (Å²) in [6.07, 6.45) is 7.92. The Morgan fingerprint density at radius 2 is 1.96 bits per heavy atom. The van der Waals surface area contributed by atoms with Gasteiger partial charge in [-0.15, -0.1) is 0 Å². The Bertz CT molecular complexity index is 674. The van der Waals surface area contributed by atoms with E-state index < -0.39 is 5.97 Å². The standard InChI is InChI=1S/C18H21N3O3/c22-17(20-16-4-1-2-5-16)13-24-18(23)15-8-6-14(7-9-15)12-21-11-3-10-19-21/h3,6-11,16H,1-2,4-5,12-13H2,(H,20,22). The highest BCUT2D eigenvalue weighted by Gasteiger charge is 2.18. The van der Waals surface area contributed by atoms with Gasteiger partial charge in [-0.05, 0) is 36.6 Å². The van der Waals surface area contributed by atoms with Crippen LogP contribution < -0.4 is 5.32 Å². The Labute approximate surface area is 140 Å². The highest BCUT2D eigenvalue weighted by molar-refractivity contribution is 5.91. The van der Waals surface area contributed by atoms with Crippen LogP contribution >= 0.6 is 0 Å². The van der Waals surface area contributed by atoms with E-state index in [0.29, 0.717) is 12.1 Å². The van der Waals surface area contributed by atoms with Crippen LogP contribution in [0.25, 0.3) is 0 Å². The summed E-state index contributed by atoms with van der Waals surface area (Å²) < 4.78 is 6.88. The molecule has 0 atom stereocenters. The van der Waals surface area contributed by atoms with Crippen molar-refractivity contribution in [2.45, 2.75) is 38.3 Å². The van der Waals surface area contributed by atoms with Crippen LogP contribution in [0.2, 0.25) is 0 Å². The summed E-state index contributed by atoms with van der Waals surface area (Å²) in [4.78, 5) is 23.8. The predicted molar refractivity (Wildman–Crippen MR) is 88.5 cm³/mol. The first-order chi connectivity index (χ1) is 11.7. The van der Waals surface area contributed by atoms with Crippen LogP contribution in [0.1, 0.15) is 41.6 Å². The number of benzene rings is 1. The Kier molecular flexibility index (Phi) is 5.25. The molecule has 1 fully saturated rings. The molecule has 0 unspecified atom stereocenters. The summed E-state index contributed by atoms with van der Waals surface area (Å²) in [5.41, 5.74) is 1.47. The van der Waals surface area contributed by atoms with E-state index in [1.165, 1.54) is 0 Å². The Morgan fingerprint density at radius 1 is 1.21 bits per heavy atom. The van der Waals surface area contributed by atoms with Gasteiger partial charge in [-0.1, -0.05) is 25.0 Å². The lowest BCUT2D eigenvalue weighted by Gasteiger charge is -2.12. The largest absolute Gasteiger partial charge is 0.452 e. The summed E-state index contributed by atoms with van der Waals surface area (Å²) in [5, 5.41) is 7.03. The van der Waals surface area contributed by atoms with Crippen LogP contribution in [0.4, 0.5) is 0 Å². The van der Waals surface area contributed by atoms with E-state index in [4.69, 9.17) is 4.74 Å². The molecule has 1 aromatic heterocycles. The molecule has 2 aromatic rings. The van der Waals surface area contributed by atoms with Crippen molar-refractivity contribution in [1.29, 1.82) is 0 Å². The van der Waals surface area contributed by atoms with E-state index in [-0.39, 0.29) is 18.6 Å². The lowest BCUT2D eigenvalue weighted by atomic mass is 10.1. The summed E-state index contributed by atoms with van der Waals surface area (Å²) in [6, 6.07) is 9.22. The van der Waals surface area contributed by atoms with Crippen molar-refractivity contribution in [1.82, 2.24) is 15.1 Å². The number of esters is 1. The fraction of sp³-hybridized carbons (Fsp3) is 0.389. The van der Waals surface area contributed by atoms with Gasteiger partial charge in [0.25, 0.3) is 5.91 Å². The molecule has 1 aromatic carbocycles. The zero-order valence-corrected chi connectivity index (χ0v) is 13.5. The average Bonchev–Trinajstić information content (AvgIpc) is 3.27. The monoisotopic (exact) mass is 327 g/mol. The summed E-state index contributed by atoms with van der Waals surface area (Å²) in [6.45, 7) is 0.413. The molecule has 1 aliphatic carbocycles. The molecule has 6 nitrogen and oxygen atoms in total. The SMILES string of the molecule is O=C(COC(=O)c1ccc(Cn2cccn2)cc1)NC1CCCC1. The second kappa shape index (κ2) is 7.77. The molecule has 1 heterocycles. The van der Waals surface area contributed by atoms with Gasteiger partial charge in [0.2, 0.25) is 0 Å². The van der Waals surface area contributed by atoms with Crippen LogP contribution in [0, 0.1) is 0 Å². The normalized spacial score (nSPS) is 14.5. The third-order valence-electron chi connectivity index (χ3n) is 4.15. The van der Waals surface area contributed by atoms with Gasteiger partial charge in [-0.2, -0.15) is 5.10 Å². The second-order valence-electron chi connectivity index (χ2n) is 6.03. The molecule has 1 amide bonds. The topological polar surface area (TPSA) is 73.2 Å². The molecule has 0 aliphatic heterocycles. The van der Waals surface area contributed by atoms with E-state index >= 15 is 0 Å². The second-order valence-corrected chi connectivity index (χ2v) is 6.03. The van der Waals surface area contributed by atoms with Crippen LogP contribution in [-0.2, 0) is 16.1 Å². The lowest BCUT2D eigenvalue weighted by Crippen LogP contribution is -2.35. The highest BCUT2D eigenvalue weighted by atomic mass is 16.5. The predicted octanol–water partition coefficient (Wildman–Crippen LogP) is 2.15. The van der Waals surface area contributed by atoms with Gasteiger partial charge in [0.15, 0.2) is 6.61 Å². The zero-order chi connectivity index (χ0) is 16.8. The van der Waals surface area contributed by atoms with Crippen molar-refractivity contribution in [2.75, 3.05) is 6.61 Å². The molecule has 0 saturated heterocycles. The van der Waals surface area contributed by atoms with Crippen molar-refractivity contribution in [3.05, 3.63) is 53.9 Å². The lowest BCUT2D eigenvalue weighted by molar-refractivity contribution is -0.124. The van der Waals surface area contributed by atoms with Crippen LogP contribution in [0.15, 0.2) is 42.7 Å². The van der Waals surface area contributed by atoms with Crippen LogP contribution in [0.3, 0.4) is 0 Å². The van der Waals surface area contributed by atoms with Gasteiger partial charge in [0.1, 0.15) is 0 Å². The van der Waals surface area contributed by atoms with Gasteiger partial charge in [0.05, 0.1) is 12.1 Å². The first kappa shape index (κ1) is 16.2. The van der Waals surface area contributed by atoms with E-state index in [1.807, 2.05) is 24.4 Å². The quantitative estimate of drug-likeness (QED) is 0.825. The molecule has 1 saturated carbocycles. The number of ether oxygens (including phenoxy) is 1. The molecule has 0 radical (unpaired) electrons. The molecule has 3 rings (SSSR count). The van der Waals surface area contributed by atoms with Crippen molar-refractivity contribution in [2.24, 2.45) is 0 Å². The van der Waals surface area contributed by atoms with E-state index in [9.17, 15) is 9.59 Å². The Hall–Kier alpha value is -2.63. The molecule has 1 N–H and O–H groups in total. The van der Waals surface area contributed by atoms with Gasteiger partial charge in [-0.3, -0.25) is 9.48 Å². The minimum atomic E-state index is -0.484. The number of nitrogens with one attached hydrogen (secondary N) is 1. The van der Waals surface area contributed by atoms with Crippen LogP contribution in [-0.4, -0.2) is 34.3 Å². The Balaban J connectivity index is 1.46. The third-order valence-corrected chi connectivity index (χ3v) is 4.15. The fourth-order valence-electron chi connectivity index (χ4n) is 2.88. The van der Waals surface area contributed by atoms with Crippen molar-refractivity contribution in [3.8, 4) is 0 Å². The molecule has 126 valence electrons. The molecular weight excluding hydrogens is 306 g/mol. The Morgan fingerprint density at radius 3 is 2.62 bits per heavy atom. The summed E-state index contributed by atoms with van der Waals surface area (Å²) in [5.74, 6) is -0.715. The average molecular weight is 327 g/mol. The number of nitrogens with zero attached hydrogens (tertiary/aromatic N) is 2. The number of amides is 1. The number of aromatic nitrogens is 2.